The minimum atomic E-state index is 0.130. The maximum Gasteiger partial charge on any atom is 0.163 e. The molecule has 0 spiro atoms. The number of ether oxygens (including phenoxy) is 2. The molecule has 3 heteroatoms. The monoisotopic (exact) mass is 223 g/mol. The maximum absolute atomic E-state index is 5.73. The molecule has 0 aromatic heterocycles. The molecule has 0 aliphatic heterocycles. The van der Waals surface area contributed by atoms with Gasteiger partial charge in [0.15, 0.2) is 11.5 Å². The lowest BCUT2D eigenvalue weighted by Gasteiger charge is -2.20. The van der Waals surface area contributed by atoms with Gasteiger partial charge in [-0.3, -0.25) is 0 Å². The average Bonchev–Trinajstić information content (AvgIpc) is 2.15. The Hall–Kier alpha value is -1.38. The normalized spacial score (nSPS) is 11.2. The molecule has 0 bridgehead atoms. The van der Waals surface area contributed by atoms with Crippen molar-refractivity contribution in [3.8, 4) is 11.5 Å². The molecular weight excluding hydrogens is 202 g/mol. The van der Waals surface area contributed by atoms with Crippen LogP contribution in [0.4, 0.5) is 5.69 Å². The minimum Gasteiger partial charge on any atom is -0.490 e. The lowest BCUT2D eigenvalue weighted by atomic mass is 9.99. The molecule has 0 saturated carbocycles. The van der Waals surface area contributed by atoms with E-state index < -0.39 is 0 Å². The van der Waals surface area contributed by atoms with Crippen molar-refractivity contribution >= 4 is 5.69 Å². The SMILES string of the molecule is CCOc1cc(N)ccc1OCC(C)(C)C. The molecule has 0 radical (unpaired) electrons. The third-order valence-electron chi connectivity index (χ3n) is 1.93. The molecule has 0 fully saturated rings. The molecular formula is C13H21NO2. The van der Waals surface area contributed by atoms with Crippen LogP contribution in [0.3, 0.4) is 0 Å². The van der Waals surface area contributed by atoms with Crippen molar-refractivity contribution in [2.24, 2.45) is 5.41 Å². The fourth-order valence-electron chi connectivity index (χ4n) is 1.21. The van der Waals surface area contributed by atoms with E-state index in [1.165, 1.54) is 0 Å². The van der Waals surface area contributed by atoms with Crippen molar-refractivity contribution in [2.75, 3.05) is 18.9 Å². The van der Waals surface area contributed by atoms with Gasteiger partial charge in [0.2, 0.25) is 0 Å². The number of benzene rings is 1. The van der Waals surface area contributed by atoms with Crippen LogP contribution in [-0.2, 0) is 0 Å². The van der Waals surface area contributed by atoms with Crippen molar-refractivity contribution in [1.82, 2.24) is 0 Å². The second kappa shape index (κ2) is 5.10. The maximum atomic E-state index is 5.73. The van der Waals surface area contributed by atoms with Gasteiger partial charge in [-0.2, -0.15) is 0 Å². The Bertz CT molecular complexity index is 342. The third-order valence-corrected chi connectivity index (χ3v) is 1.93. The van der Waals surface area contributed by atoms with E-state index in [9.17, 15) is 0 Å². The van der Waals surface area contributed by atoms with Crippen molar-refractivity contribution in [2.45, 2.75) is 27.7 Å². The van der Waals surface area contributed by atoms with Crippen LogP contribution in [0.5, 0.6) is 11.5 Å². The van der Waals surface area contributed by atoms with Crippen LogP contribution < -0.4 is 15.2 Å². The molecule has 1 rings (SSSR count). The van der Waals surface area contributed by atoms with Gasteiger partial charge in [-0.25, -0.2) is 0 Å². The van der Waals surface area contributed by atoms with Gasteiger partial charge in [-0.1, -0.05) is 20.8 Å². The predicted molar refractivity (Wildman–Crippen MR) is 67.0 cm³/mol. The summed E-state index contributed by atoms with van der Waals surface area (Å²) in [5.74, 6) is 1.47. The van der Waals surface area contributed by atoms with Crippen molar-refractivity contribution < 1.29 is 9.47 Å². The summed E-state index contributed by atoms with van der Waals surface area (Å²) >= 11 is 0. The van der Waals surface area contributed by atoms with Crippen LogP contribution >= 0.6 is 0 Å². The molecule has 0 heterocycles. The second-order valence-electron chi connectivity index (χ2n) is 4.99. The minimum absolute atomic E-state index is 0.130. The second-order valence-corrected chi connectivity index (χ2v) is 4.99. The first kappa shape index (κ1) is 12.7. The zero-order chi connectivity index (χ0) is 12.2. The molecule has 1 aromatic carbocycles. The van der Waals surface area contributed by atoms with Crippen LogP contribution in [0.25, 0.3) is 0 Å². The highest BCUT2D eigenvalue weighted by Gasteiger charge is 2.13. The fourth-order valence-corrected chi connectivity index (χ4v) is 1.21. The van der Waals surface area contributed by atoms with Gasteiger partial charge >= 0.3 is 0 Å². The fraction of sp³-hybridized carbons (Fsp3) is 0.538. The zero-order valence-corrected chi connectivity index (χ0v) is 10.5. The molecule has 0 atom stereocenters. The first-order chi connectivity index (χ1) is 7.42. The third kappa shape index (κ3) is 4.01. The van der Waals surface area contributed by atoms with E-state index in [2.05, 4.69) is 20.8 Å². The summed E-state index contributed by atoms with van der Waals surface area (Å²) in [7, 11) is 0. The van der Waals surface area contributed by atoms with E-state index in [0.717, 1.165) is 5.75 Å². The van der Waals surface area contributed by atoms with E-state index >= 15 is 0 Å². The van der Waals surface area contributed by atoms with Gasteiger partial charge < -0.3 is 15.2 Å². The Kier molecular flexibility index (Phi) is 4.05. The molecule has 16 heavy (non-hydrogen) atoms. The van der Waals surface area contributed by atoms with Crippen molar-refractivity contribution in [3.63, 3.8) is 0 Å². The molecule has 0 unspecified atom stereocenters. The van der Waals surface area contributed by atoms with Crippen LogP contribution in [0.2, 0.25) is 0 Å². The first-order valence-corrected chi connectivity index (χ1v) is 5.57. The number of nitrogen functional groups attached to an aromatic ring is 1. The molecule has 0 aliphatic carbocycles. The average molecular weight is 223 g/mol. The van der Waals surface area contributed by atoms with Gasteiger partial charge in [-0.15, -0.1) is 0 Å². The summed E-state index contributed by atoms with van der Waals surface area (Å²) in [6.07, 6.45) is 0. The molecule has 1 aromatic rings. The number of nitrogens with two attached hydrogens (primary N) is 1. The predicted octanol–water partition coefficient (Wildman–Crippen LogP) is 3.09. The summed E-state index contributed by atoms with van der Waals surface area (Å²) in [5.41, 5.74) is 6.52. The Morgan fingerprint density at radius 2 is 1.81 bits per heavy atom. The summed E-state index contributed by atoms with van der Waals surface area (Å²) in [6, 6.07) is 5.47. The molecule has 0 aliphatic rings. The Labute approximate surface area is 97.6 Å². The van der Waals surface area contributed by atoms with Gasteiger partial charge in [0.25, 0.3) is 0 Å². The Balaban J connectivity index is 2.78. The Morgan fingerprint density at radius 3 is 2.38 bits per heavy atom. The summed E-state index contributed by atoms with van der Waals surface area (Å²) in [4.78, 5) is 0. The standard InChI is InChI=1S/C13H21NO2/c1-5-15-12-8-10(14)6-7-11(12)16-9-13(2,3)4/h6-8H,5,9,14H2,1-4H3. The Morgan fingerprint density at radius 1 is 1.12 bits per heavy atom. The highest BCUT2D eigenvalue weighted by Crippen LogP contribution is 2.30. The van der Waals surface area contributed by atoms with Crippen molar-refractivity contribution in [3.05, 3.63) is 18.2 Å². The van der Waals surface area contributed by atoms with Crippen LogP contribution in [-0.4, -0.2) is 13.2 Å². The van der Waals surface area contributed by atoms with Crippen LogP contribution in [0.1, 0.15) is 27.7 Å². The highest BCUT2D eigenvalue weighted by molar-refractivity contribution is 5.51. The summed E-state index contributed by atoms with van der Waals surface area (Å²) in [5, 5.41) is 0. The van der Waals surface area contributed by atoms with Crippen LogP contribution in [0.15, 0.2) is 18.2 Å². The number of rotatable bonds is 4. The molecule has 2 N–H and O–H groups in total. The van der Waals surface area contributed by atoms with E-state index in [1.54, 1.807) is 6.07 Å². The van der Waals surface area contributed by atoms with Gasteiger partial charge in [0, 0.05) is 11.8 Å². The zero-order valence-electron chi connectivity index (χ0n) is 10.5. The molecule has 90 valence electrons. The topological polar surface area (TPSA) is 44.5 Å². The molecule has 0 amide bonds. The van der Waals surface area contributed by atoms with Crippen molar-refractivity contribution in [1.29, 1.82) is 0 Å². The number of hydrogen-bond donors (Lipinski definition) is 1. The lowest BCUT2D eigenvalue weighted by molar-refractivity contribution is 0.188. The largest absolute Gasteiger partial charge is 0.490 e. The quantitative estimate of drug-likeness (QED) is 0.798. The summed E-state index contributed by atoms with van der Waals surface area (Å²) < 4.78 is 11.2. The molecule has 3 nitrogen and oxygen atoms in total. The van der Waals surface area contributed by atoms with Gasteiger partial charge in [0.1, 0.15) is 0 Å². The van der Waals surface area contributed by atoms with Gasteiger partial charge in [-0.05, 0) is 24.5 Å². The van der Waals surface area contributed by atoms with Gasteiger partial charge in [0.05, 0.1) is 13.2 Å². The highest BCUT2D eigenvalue weighted by atomic mass is 16.5. The molecule has 0 saturated heterocycles. The lowest BCUT2D eigenvalue weighted by Crippen LogP contribution is -2.17. The van der Waals surface area contributed by atoms with E-state index in [-0.39, 0.29) is 5.41 Å². The number of hydrogen-bond acceptors (Lipinski definition) is 3. The summed E-state index contributed by atoms with van der Waals surface area (Å²) in [6.45, 7) is 9.59. The number of anilines is 1. The van der Waals surface area contributed by atoms with E-state index in [4.69, 9.17) is 15.2 Å². The van der Waals surface area contributed by atoms with E-state index in [0.29, 0.717) is 24.7 Å². The van der Waals surface area contributed by atoms with E-state index in [1.807, 2.05) is 19.1 Å². The first-order valence-electron chi connectivity index (χ1n) is 5.57. The smallest absolute Gasteiger partial charge is 0.163 e. The van der Waals surface area contributed by atoms with Crippen LogP contribution in [0, 0.1) is 5.41 Å².